The van der Waals surface area contributed by atoms with Gasteiger partial charge in [-0.25, -0.2) is 4.98 Å². The number of hydrogen-bond donors (Lipinski definition) is 1. The van der Waals surface area contributed by atoms with Gasteiger partial charge in [-0.15, -0.1) is 11.3 Å². The molecule has 1 aliphatic carbocycles. The molecule has 2 aromatic rings. The highest BCUT2D eigenvalue weighted by molar-refractivity contribution is 7.18. The van der Waals surface area contributed by atoms with Crippen molar-refractivity contribution < 1.29 is 14.4 Å². The second-order valence-electron chi connectivity index (χ2n) is 12.1. The Labute approximate surface area is 244 Å². The van der Waals surface area contributed by atoms with Crippen LogP contribution in [-0.2, 0) is 27.2 Å². The monoisotopic (exact) mass is 565 g/mol. The van der Waals surface area contributed by atoms with Gasteiger partial charge in [-0.05, 0) is 75.7 Å². The number of ketones is 2. The van der Waals surface area contributed by atoms with Crippen LogP contribution in [-0.4, -0.2) is 53.0 Å². The lowest BCUT2D eigenvalue weighted by Crippen LogP contribution is -2.41. The first-order chi connectivity index (χ1) is 19.3. The number of aromatic nitrogens is 1. The van der Waals surface area contributed by atoms with Crippen LogP contribution < -0.4 is 5.32 Å². The van der Waals surface area contributed by atoms with E-state index in [1.165, 1.54) is 50.5 Å². The summed E-state index contributed by atoms with van der Waals surface area (Å²) in [6.45, 7) is 10.5. The zero-order chi connectivity index (χ0) is 28.5. The first-order valence-corrected chi connectivity index (χ1v) is 16.2. The van der Waals surface area contributed by atoms with E-state index in [1.54, 1.807) is 18.3 Å². The van der Waals surface area contributed by atoms with Gasteiger partial charge in [-0.2, -0.15) is 0 Å². The Hall–Kier alpha value is -2.38. The Morgan fingerprint density at radius 2 is 1.88 bits per heavy atom. The predicted molar refractivity (Wildman–Crippen MR) is 164 cm³/mol. The molecule has 218 valence electrons. The summed E-state index contributed by atoms with van der Waals surface area (Å²) in [5.74, 6) is 0.138. The second-order valence-corrected chi connectivity index (χ2v) is 13.2. The lowest BCUT2D eigenvalue weighted by atomic mass is 9.83. The molecule has 1 aliphatic heterocycles. The first kappa shape index (κ1) is 30.6. The number of Topliss-reactive ketones (excluding diaryl/α,β-unsaturated/α-hetero) is 2. The number of amides is 1. The van der Waals surface area contributed by atoms with Gasteiger partial charge in [0.15, 0.2) is 5.78 Å². The number of thiazole rings is 1. The van der Waals surface area contributed by atoms with Gasteiger partial charge >= 0.3 is 0 Å². The highest BCUT2D eigenvalue weighted by Gasteiger charge is 2.27. The molecule has 0 bridgehead atoms. The van der Waals surface area contributed by atoms with Gasteiger partial charge in [0, 0.05) is 37.4 Å². The van der Waals surface area contributed by atoms with Crippen LogP contribution in [0, 0.1) is 11.8 Å². The Balaban J connectivity index is 1.41. The number of carbonyl (C=O) groups is 3. The molecule has 2 heterocycles. The van der Waals surface area contributed by atoms with Gasteiger partial charge in [0.05, 0.1) is 21.1 Å². The van der Waals surface area contributed by atoms with Crippen molar-refractivity contribution in [1.82, 2.24) is 15.2 Å². The number of aryl methyl sites for hydroxylation is 1. The Morgan fingerprint density at radius 3 is 2.58 bits per heavy atom. The van der Waals surface area contributed by atoms with Crippen LogP contribution >= 0.6 is 11.3 Å². The first-order valence-electron chi connectivity index (χ1n) is 15.4. The van der Waals surface area contributed by atoms with Crippen LogP contribution in [0.15, 0.2) is 30.4 Å². The van der Waals surface area contributed by atoms with Crippen molar-refractivity contribution in [3.05, 3.63) is 40.9 Å². The summed E-state index contributed by atoms with van der Waals surface area (Å²) in [6.07, 6.45) is 12.0. The Bertz CT molecular complexity index is 1180. The van der Waals surface area contributed by atoms with Gasteiger partial charge in [-0.3, -0.25) is 14.5 Å². The van der Waals surface area contributed by atoms with Gasteiger partial charge < -0.3 is 10.1 Å². The maximum Gasteiger partial charge on any atom is 0.224 e. The molecular formula is C33H47N3O3S. The van der Waals surface area contributed by atoms with Gasteiger partial charge in [-0.1, -0.05) is 51.7 Å². The van der Waals surface area contributed by atoms with E-state index in [0.29, 0.717) is 37.3 Å². The predicted octanol–water partition coefficient (Wildman–Crippen LogP) is 6.45. The molecule has 1 aromatic carbocycles. The summed E-state index contributed by atoms with van der Waals surface area (Å²) < 4.78 is 1.12. The number of likely N-dealkylation sites (tertiary alicyclic amines) is 1. The number of benzene rings is 1. The molecule has 0 radical (unpaired) electrons. The highest BCUT2D eigenvalue weighted by atomic mass is 32.1. The largest absolute Gasteiger partial charge is 0.353 e. The summed E-state index contributed by atoms with van der Waals surface area (Å²) in [5, 5.41) is 4.19. The smallest absolute Gasteiger partial charge is 0.224 e. The molecule has 2 fully saturated rings. The van der Waals surface area contributed by atoms with Crippen molar-refractivity contribution in [3.63, 3.8) is 0 Å². The molecule has 1 saturated heterocycles. The van der Waals surface area contributed by atoms with E-state index in [-0.39, 0.29) is 29.9 Å². The topological polar surface area (TPSA) is 79.4 Å². The van der Waals surface area contributed by atoms with Crippen molar-refractivity contribution in [2.45, 2.75) is 103 Å². The molecular weight excluding hydrogens is 518 g/mol. The molecule has 6 nitrogen and oxygen atoms in total. The molecule has 2 atom stereocenters. The average Bonchev–Trinajstić information content (AvgIpc) is 3.60. The number of carbonyl (C=O) groups excluding carboxylic acids is 3. The molecule has 7 heteroatoms. The Kier molecular flexibility index (Phi) is 11.5. The number of hydrogen-bond acceptors (Lipinski definition) is 6. The third kappa shape index (κ3) is 9.07. The van der Waals surface area contributed by atoms with E-state index in [9.17, 15) is 14.4 Å². The quantitative estimate of drug-likeness (QED) is 0.251. The molecule has 0 unspecified atom stereocenters. The molecule has 1 saturated carbocycles. The van der Waals surface area contributed by atoms with E-state index < -0.39 is 5.92 Å². The normalized spacial score (nSPS) is 18.1. The molecule has 1 aromatic heterocycles. The van der Waals surface area contributed by atoms with Gasteiger partial charge in [0.1, 0.15) is 5.78 Å². The van der Waals surface area contributed by atoms with E-state index in [0.717, 1.165) is 41.2 Å². The second kappa shape index (κ2) is 15.0. The fourth-order valence-corrected chi connectivity index (χ4v) is 7.42. The van der Waals surface area contributed by atoms with Crippen LogP contribution in [0.2, 0.25) is 0 Å². The maximum atomic E-state index is 13.7. The van der Waals surface area contributed by atoms with Crippen molar-refractivity contribution in [2.24, 2.45) is 11.8 Å². The zero-order valence-electron chi connectivity index (χ0n) is 24.5. The number of rotatable bonds is 15. The Morgan fingerprint density at radius 1 is 1.12 bits per heavy atom. The standard InChI is InChI=1S/C33H47N3O3S/c1-4-25-12-14-29-31(20-25)40-32(35-29)21-27(18-24(3)37)33(39)34-28(19-26-10-6-5-7-11-26)13-15-30(38)23(2)22-36-16-8-9-17-36/h12,14,20,26-28H,2,4-11,13,15-19,21-22H2,1,3H3,(H,34,39)/t27-,28+/m0/s1. The minimum atomic E-state index is -0.460. The number of fused-ring (bicyclic) bond motifs is 1. The van der Waals surface area contributed by atoms with Gasteiger partial charge in [0.2, 0.25) is 5.91 Å². The number of nitrogens with zero attached hydrogens (tertiary/aromatic N) is 2. The molecule has 40 heavy (non-hydrogen) atoms. The molecule has 2 aliphatic rings. The summed E-state index contributed by atoms with van der Waals surface area (Å²) >= 11 is 1.62. The average molecular weight is 566 g/mol. The van der Waals surface area contributed by atoms with E-state index >= 15 is 0 Å². The third-order valence-electron chi connectivity index (χ3n) is 8.65. The minimum absolute atomic E-state index is 0.00625. The van der Waals surface area contributed by atoms with E-state index in [2.05, 4.69) is 35.9 Å². The minimum Gasteiger partial charge on any atom is -0.353 e. The van der Waals surface area contributed by atoms with Crippen LogP contribution in [0.5, 0.6) is 0 Å². The molecule has 4 rings (SSSR count). The number of nitrogens with one attached hydrogen (secondary N) is 1. The summed E-state index contributed by atoms with van der Waals surface area (Å²) in [4.78, 5) is 45.9. The summed E-state index contributed by atoms with van der Waals surface area (Å²) in [6, 6.07) is 6.24. The van der Waals surface area contributed by atoms with Crippen molar-refractivity contribution in [1.29, 1.82) is 0 Å². The van der Waals surface area contributed by atoms with Crippen molar-refractivity contribution in [3.8, 4) is 0 Å². The fraction of sp³-hybridized carbons (Fsp3) is 0.636. The lowest BCUT2D eigenvalue weighted by molar-refractivity contribution is -0.129. The zero-order valence-corrected chi connectivity index (χ0v) is 25.3. The van der Waals surface area contributed by atoms with Crippen LogP contribution in [0.3, 0.4) is 0 Å². The maximum absolute atomic E-state index is 13.7. The lowest BCUT2D eigenvalue weighted by Gasteiger charge is -2.28. The molecule has 1 amide bonds. The highest BCUT2D eigenvalue weighted by Crippen LogP contribution is 2.30. The van der Waals surface area contributed by atoms with Gasteiger partial charge in [0.25, 0.3) is 0 Å². The summed E-state index contributed by atoms with van der Waals surface area (Å²) in [5.41, 5.74) is 2.90. The summed E-state index contributed by atoms with van der Waals surface area (Å²) in [7, 11) is 0. The fourth-order valence-electron chi connectivity index (χ4n) is 6.31. The third-order valence-corrected chi connectivity index (χ3v) is 9.69. The van der Waals surface area contributed by atoms with Crippen molar-refractivity contribution in [2.75, 3.05) is 19.6 Å². The van der Waals surface area contributed by atoms with E-state index in [4.69, 9.17) is 4.98 Å². The van der Waals surface area contributed by atoms with Crippen LogP contribution in [0.1, 0.15) is 95.0 Å². The van der Waals surface area contributed by atoms with Crippen molar-refractivity contribution >= 4 is 39.0 Å². The molecule has 1 N–H and O–H groups in total. The molecule has 0 spiro atoms. The SMILES string of the molecule is C=C(CN1CCCC1)C(=O)CC[C@H](CC1CCCCC1)NC(=O)[C@@H](CC(C)=O)Cc1nc2ccc(CC)cc2s1. The van der Waals surface area contributed by atoms with E-state index in [1.807, 2.05) is 6.07 Å². The van der Waals surface area contributed by atoms with Crippen LogP contribution in [0.25, 0.3) is 10.2 Å². The van der Waals surface area contributed by atoms with Crippen LogP contribution in [0.4, 0.5) is 0 Å².